The molecule has 10 heavy (non-hydrogen) atoms. The Balaban J connectivity index is 2.01. The van der Waals surface area contributed by atoms with Crippen molar-refractivity contribution in [2.24, 2.45) is 5.92 Å². The molecule has 1 atom stereocenters. The number of rotatable bonds is 3. The van der Waals surface area contributed by atoms with E-state index in [4.69, 9.17) is 0 Å². The first-order valence-electron chi connectivity index (χ1n) is 4.23. The van der Waals surface area contributed by atoms with E-state index in [1.165, 1.54) is 26.1 Å². The summed E-state index contributed by atoms with van der Waals surface area (Å²) in [5.74, 6) is 0.877. The van der Waals surface area contributed by atoms with Gasteiger partial charge in [-0.05, 0) is 32.0 Å². The zero-order chi connectivity index (χ0) is 7.40. The molecular formula is C8H18N2. The molecule has 1 saturated heterocycles. The summed E-state index contributed by atoms with van der Waals surface area (Å²) in [6.07, 6.45) is 1.35. The average Bonchev–Trinajstić information content (AvgIpc) is 2.34. The van der Waals surface area contributed by atoms with Crippen LogP contribution in [0.1, 0.15) is 20.3 Å². The van der Waals surface area contributed by atoms with Gasteiger partial charge in [0.15, 0.2) is 0 Å². The van der Waals surface area contributed by atoms with Gasteiger partial charge in [0.25, 0.3) is 0 Å². The van der Waals surface area contributed by atoms with Crippen molar-refractivity contribution in [3.05, 3.63) is 0 Å². The van der Waals surface area contributed by atoms with Crippen LogP contribution in [0.5, 0.6) is 0 Å². The molecular weight excluding hydrogens is 124 g/mol. The third kappa shape index (κ3) is 2.67. The summed E-state index contributed by atoms with van der Waals surface area (Å²) in [5, 5.41) is 6.80. The highest BCUT2D eigenvalue weighted by atomic mass is 14.9. The summed E-state index contributed by atoms with van der Waals surface area (Å²) in [6.45, 7) is 8.00. The van der Waals surface area contributed by atoms with E-state index >= 15 is 0 Å². The van der Waals surface area contributed by atoms with Crippen LogP contribution in [0.2, 0.25) is 0 Å². The quantitative estimate of drug-likeness (QED) is 0.603. The molecule has 0 amide bonds. The van der Waals surface area contributed by atoms with Gasteiger partial charge in [-0.25, -0.2) is 0 Å². The third-order valence-electron chi connectivity index (χ3n) is 1.98. The Morgan fingerprint density at radius 3 is 2.90 bits per heavy atom. The Hall–Kier alpha value is -0.0800. The first-order valence-corrected chi connectivity index (χ1v) is 4.23. The average molecular weight is 142 g/mol. The largest absolute Gasteiger partial charge is 0.316 e. The highest BCUT2D eigenvalue weighted by Gasteiger charge is 2.13. The molecule has 1 aliphatic heterocycles. The highest BCUT2D eigenvalue weighted by molar-refractivity contribution is 4.73. The zero-order valence-electron chi connectivity index (χ0n) is 6.98. The number of hydrogen-bond acceptors (Lipinski definition) is 2. The van der Waals surface area contributed by atoms with Gasteiger partial charge in [0, 0.05) is 6.04 Å². The van der Waals surface area contributed by atoms with Crippen LogP contribution in [0.4, 0.5) is 0 Å². The second kappa shape index (κ2) is 3.94. The third-order valence-corrected chi connectivity index (χ3v) is 1.98. The van der Waals surface area contributed by atoms with Crippen molar-refractivity contribution in [2.45, 2.75) is 26.3 Å². The van der Waals surface area contributed by atoms with Gasteiger partial charge in [0.1, 0.15) is 0 Å². The van der Waals surface area contributed by atoms with Crippen LogP contribution in [0.25, 0.3) is 0 Å². The Labute approximate surface area is 63.4 Å². The molecule has 0 aromatic rings. The highest BCUT2D eigenvalue weighted by Crippen LogP contribution is 2.05. The molecule has 0 saturated carbocycles. The van der Waals surface area contributed by atoms with Crippen LogP contribution in [-0.4, -0.2) is 25.7 Å². The van der Waals surface area contributed by atoms with Crippen molar-refractivity contribution in [1.82, 2.24) is 10.6 Å². The fraction of sp³-hybridized carbons (Fsp3) is 1.00. The van der Waals surface area contributed by atoms with Gasteiger partial charge in [-0.15, -0.1) is 0 Å². The molecule has 0 radical (unpaired) electrons. The molecule has 0 bridgehead atoms. The lowest BCUT2D eigenvalue weighted by Gasteiger charge is -2.11. The maximum Gasteiger partial charge on any atom is 0.00105 e. The Morgan fingerprint density at radius 2 is 2.40 bits per heavy atom. The van der Waals surface area contributed by atoms with Gasteiger partial charge in [0.05, 0.1) is 0 Å². The Bertz CT molecular complexity index is 85.3. The first-order chi connectivity index (χ1) is 4.79. The predicted molar refractivity (Wildman–Crippen MR) is 44.1 cm³/mol. The number of hydrogen-bond donors (Lipinski definition) is 2. The van der Waals surface area contributed by atoms with Crippen LogP contribution < -0.4 is 10.6 Å². The molecule has 0 unspecified atom stereocenters. The minimum absolute atomic E-state index is 0.639. The van der Waals surface area contributed by atoms with Crippen molar-refractivity contribution < 1.29 is 0 Å². The molecule has 2 N–H and O–H groups in total. The minimum Gasteiger partial charge on any atom is -0.316 e. The summed E-state index contributed by atoms with van der Waals surface area (Å²) >= 11 is 0. The van der Waals surface area contributed by atoms with E-state index < -0.39 is 0 Å². The van der Waals surface area contributed by atoms with E-state index in [0.29, 0.717) is 6.04 Å². The van der Waals surface area contributed by atoms with Crippen molar-refractivity contribution >= 4 is 0 Å². The molecule has 0 spiro atoms. The second-order valence-corrected chi connectivity index (χ2v) is 3.42. The minimum atomic E-state index is 0.639. The van der Waals surface area contributed by atoms with E-state index in [1.54, 1.807) is 0 Å². The van der Waals surface area contributed by atoms with E-state index in [-0.39, 0.29) is 0 Å². The van der Waals surface area contributed by atoms with Crippen LogP contribution in [-0.2, 0) is 0 Å². The lowest BCUT2D eigenvalue weighted by molar-refractivity contribution is 0.477. The van der Waals surface area contributed by atoms with Gasteiger partial charge in [-0.1, -0.05) is 13.8 Å². The predicted octanol–water partition coefficient (Wildman–Crippen LogP) is 0.594. The second-order valence-electron chi connectivity index (χ2n) is 3.42. The summed E-state index contributed by atoms with van der Waals surface area (Å²) in [4.78, 5) is 0. The molecule has 1 rings (SSSR count). The monoisotopic (exact) mass is 142 g/mol. The summed E-state index contributed by atoms with van der Waals surface area (Å²) in [5.41, 5.74) is 0. The van der Waals surface area contributed by atoms with Crippen molar-refractivity contribution in [3.8, 4) is 0 Å². The standard InChI is InChI=1S/C8H18N2/c1-7(2)10-6-8-3-4-9-5-8/h7-10H,3-6H2,1-2H3/t8-/m1/s1. The van der Waals surface area contributed by atoms with E-state index in [0.717, 1.165) is 5.92 Å². The van der Waals surface area contributed by atoms with Crippen molar-refractivity contribution in [3.63, 3.8) is 0 Å². The molecule has 1 aliphatic rings. The van der Waals surface area contributed by atoms with Crippen LogP contribution in [0.15, 0.2) is 0 Å². The molecule has 1 fully saturated rings. The van der Waals surface area contributed by atoms with Crippen LogP contribution in [0, 0.1) is 5.92 Å². The smallest absolute Gasteiger partial charge is 0.00105 e. The topological polar surface area (TPSA) is 24.1 Å². The molecule has 0 aromatic carbocycles. The summed E-state index contributed by atoms with van der Waals surface area (Å²) < 4.78 is 0. The molecule has 2 heteroatoms. The Kier molecular flexibility index (Phi) is 3.16. The molecule has 1 heterocycles. The van der Waals surface area contributed by atoms with Crippen LogP contribution >= 0.6 is 0 Å². The summed E-state index contributed by atoms with van der Waals surface area (Å²) in [6, 6.07) is 0.639. The maximum absolute atomic E-state index is 3.45. The van der Waals surface area contributed by atoms with Crippen molar-refractivity contribution in [2.75, 3.05) is 19.6 Å². The fourth-order valence-corrected chi connectivity index (χ4v) is 1.29. The van der Waals surface area contributed by atoms with Gasteiger partial charge >= 0.3 is 0 Å². The molecule has 2 nitrogen and oxygen atoms in total. The molecule has 0 aliphatic carbocycles. The molecule has 60 valence electrons. The maximum atomic E-state index is 3.45. The summed E-state index contributed by atoms with van der Waals surface area (Å²) in [7, 11) is 0. The van der Waals surface area contributed by atoms with Gasteiger partial charge in [0.2, 0.25) is 0 Å². The van der Waals surface area contributed by atoms with Gasteiger partial charge in [-0.2, -0.15) is 0 Å². The van der Waals surface area contributed by atoms with Gasteiger partial charge in [-0.3, -0.25) is 0 Å². The lowest BCUT2D eigenvalue weighted by Crippen LogP contribution is -2.29. The number of nitrogens with one attached hydrogen (secondary N) is 2. The SMILES string of the molecule is CC(C)NC[C@@H]1CCNC1. The molecule has 0 aromatic heterocycles. The zero-order valence-corrected chi connectivity index (χ0v) is 6.98. The van der Waals surface area contributed by atoms with Crippen LogP contribution in [0.3, 0.4) is 0 Å². The Morgan fingerprint density at radius 1 is 1.60 bits per heavy atom. The van der Waals surface area contributed by atoms with Gasteiger partial charge < -0.3 is 10.6 Å². The van der Waals surface area contributed by atoms with E-state index in [1.807, 2.05) is 0 Å². The lowest BCUT2D eigenvalue weighted by atomic mass is 10.1. The van der Waals surface area contributed by atoms with E-state index in [2.05, 4.69) is 24.5 Å². The normalized spacial score (nSPS) is 26.1. The van der Waals surface area contributed by atoms with E-state index in [9.17, 15) is 0 Å². The fourth-order valence-electron chi connectivity index (χ4n) is 1.29. The van der Waals surface area contributed by atoms with Crippen molar-refractivity contribution in [1.29, 1.82) is 0 Å². The first kappa shape index (κ1) is 8.02.